The van der Waals surface area contributed by atoms with Crippen molar-refractivity contribution in [2.45, 2.75) is 26.9 Å². The Balaban J connectivity index is 2.01. The van der Waals surface area contributed by atoms with Gasteiger partial charge in [-0.3, -0.25) is 9.59 Å². The molecule has 0 fully saturated rings. The standard InChI is InChI=1S/C17H16BrN5O4S/c1-7(2)27-17(26)9-8(3)12(13(19)24)28-16(9)21-15(25)11-10(18)14-20-5-4-6-23(14)22-11/h4-7H,1-3H3,(H2,19,24)(H,21,25). The quantitative estimate of drug-likeness (QED) is 0.557. The van der Waals surface area contributed by atoms with Crippen molar-refractivity contribution in [3.05, 3.63) is 44.6 Å². The van der Waals surface area contributed by atoms with Crippen molar-refractivity contribution in [1.82, 2.24) is 14.6 Å². The van der Waals surface area contributed by atoms with E-state index in [1.807, 2.05) is 0 Å². The van der Waals surface area contributed by atoms with Crippen molar-refractivity contribution in [1.29, 1.82) is 0 Å². The molecule has 0 bridgehead atoms. The average molecular weight is 466 g/mol. The molecule has 0 aliphatic rings. The van der Waals surface area contributed by atoms with Crippen molar-refractivity contribution in [2.75, 3.05) is 5.32 Å². The molecule has 3 aromatic heterocycles. The van der Waals surface area contributed by atoms with Crippen LogP contribution in [0.15, 0.2) is 22.9 Å². The molecule has 146 valence electrons. The van der Waals surface area contributed by atoms with Crippen LogP contribution in [0.2, 0.25) is 0 Å². The summed E-state index contributed by atoms with van der Waals surface area (Å²) in [5.41, 5.74) is 6.38. The number of thiophene rings is 1. The van der Waals surface area contributed by atoms with Gasteiger partial charge in [-0.15, -0.1) is 11.3 Å². The van der Waals surface area contributed by atoms with Crippen molar-refractivity contribution < 1.29 is 19.1 Å². The number of carbonyl (C=O) groups is 3. The van der Waals surface area contributed by atoms with Gasteiger partial charge in [-0.1, -0.05) is 0 Å². The number of nitrogens with zero attached hydrogens (tertiary/aromatic N) is 3. The fraction of sp³-hybridized carbons (Fsp3) is 0.235. The molecule has 0 aliphatic heterocycles. The van der Waals surface area contributed by atoms with Crippen LogP contribution in [0.1, 0.15) is 49.9 Å². The van der Waals surface area contributed by atoms with Gasteiger partial charge in [0.15, 0.2) is 11.3 Å². The van der Waals surface area contributed by atoms with E-state index in [0.29, 0.717) is 15.7 Å². The van der Waals surface area contributed by atoms with Crippen molar-refractivity contribution in [3.8, 4) is 0 Å². The van der Waals surface area contributed by atoms with Gasteiger partial charge in [-0.2, -0.15) is 5.10 Å². The highest BCUT2D eigenvalue weighted by atomic mass is 79.9. The number of fused-ring (bicyclic) bond motifs is 1. The van der Waals surface area contributed by atoms with E-state index in [1.165, 1.54) is 4.52 Å². The Labute approximate surface area is 172 Å². The van der Waals surface area contributed by atoms with Gasteiger partial charge in [-0.25, -0.2) is 14.3 Å². The van der Waals surface area contributed by atoms with Crippen LogP contribution in [0.4, 0.5) is 5.00 Å². The van der Waals surface area contributed by atoms with Gasteiger partial charge in [0, 0.05) is 12.4 Å². The van der Waals surface area contributed by atoms with E-state index in [1.54, 1.807) is 39.2 Å². The lowest BCUT2D eigenvalue weighted by Gasteiger charge is -2.10. The molecule has 2 amide bonds. The number of carbonyl (C=O) groups excluding carboxylic acids is 3. The molecular formula is C17H16BrN5O4S. The van der Waals surface area contributed by atoms with Gasteiger partial charge in [0.2, 0.25) is 0 Å². The molecule has 28 heavy (non-hydrogen) atoms. The SMILES string of the molecule is Cc1c(C(N)=O)sc(NC(=O)c2nn3cccnc3c2Br)c1C(=O)OC(C)C. The Morgan fingerprint density at radius 2 is 2.07 bits per heavy atom. The van der Waals surface area contributed by atoms with Crippen LogP contribution in [0.25, 0.3) is 5.65 Å². The van der Waals surface area contributed by atoms with Crippen LogP contribution in [-0.2, 0) is 4.74 Å². The third-order valence-corrected chi connectivity index (χ3v) is 5.65. The highest BCUT2D eigenvalue weighted by Gasteiger charge is 2.28. The number of anilines is 1. The molecule has 0 spiro atoms. The number of hydrogen-bond donors (Lipinski definition) is 2. The number of hydrogen-bond acceptors (Lipinski definition) is 7. The van der Waals surface area contributed by atoms with E-state index in [2.05, 4.69) is 31.3 Å². The maximum absolute atomic E-state index is 12.8. The summed E-state index contributed by atoms with van der Waals surface area (Å²) in [5.74, 6) is -1.92. The summed E-state index contributed by atoms with van der Waals surface area (Å²) in [7, 11) is 0. The first-order valence-corrected chi connectivity index (χ1v) is 9.76. The van der Waals surface area contributed by atoms with E-state index in [0.717, 1.165) is 11.3 Å². The number of primary amides is 1. The van der Waals surface area contributed by atoms with Crippen LogP contribution in [0, 0.1) is 6.92 Å². The maximum Gasteiger partial charge on any atom is 0.341 e. The average Bonchev–Trinajstić information content (AvgIpc) is 3.12. The van der Waals surface area contributed by atoms with Crippen LogP contribution in [0.5, 0.6) is 0 Å². The molecule has 0 atom stereocenters. The van der Waals surface area contributed by atoms with Gasteiger partial charge in [0.05, 0.1) is 21.0 Å². The molecule has 0 saturated heterocycles. The number of halogens is 1. The number of esters is 1. The van der Waals surface area contributed by atoms with E-state index >= 15 is 0 Å². The first kappa shape index (κ1) is 20.0. The zero-order chi connectivity index (χ0) is 20.6. The van der Waals surface area contributed by atoms with Gasteiger partial charge in [0.25, 0.3) is 11.8 Å². The monoisotopic (exact) mass is 465 g/mol. The smallest absolute Gasteiger partial charge is 0.341 e. The summed E-state index contributed by atoms with van der Waals surface area (Å²) in [4.78, 5) is 41.3. The van der Waals surface area contributed by atoms with Gasteiger partial charge < -0.3 is 15.8 Å². The fourth-order valence-electron chi connectivity index (χ4n) is 2.52. The van der Waals surface area contributed by atoms with Gasteiger partial charge in [0.1, 0.15) is 5.00 Å². The van der Waals surface area contributed by atoms with Crippen LogP contribution in [-0.4, -0.2) is 38.5 Å². The van der Waals surface area contributed by atoms with Gasteiger partial charge in [-0.05, 0) is 48.3 Å². The van der Waals surface area contributed by atoms with Gasteiger partial charge >= 0.3 is 5.97 Å². The van der Waals surface area contributed by atoms with E-state index in [4.69, 9.17) is 10.5 Å². The number of ether oxygens (including phenoxy) is 1. The Bertz CT molecular complexity index is 1100. The molecular weight excluding hydrogens is 450 g/mol. The molecule has 3 rings (SSSR count). The van der Waals surface area contributed by atoms with Crippen molar-refractivity contribution >= 4 is 55.7 Å². The Morgan fingerprint density at radius 1 is 1.36 bits per heavy atom. The maximum atomic E-state index is 12.8. The predicted molar refractivity (Wildman–Crippen MR) is 107 cm³/mol. The summed E-state index contributed by atoms with van der Waals surface area (Å²) < 4.78 is 7.08. The zero-order valence-corrected chi connectivity index (χ0v) is 17.6. The molecule has 0 saturated carbocycles. The minimum atomic E-state index is -0.695. The third kappa shape index (κ3) is 3.62. The summed E-state index contributed by atoms with van der Waals surface area (Å²) in [6, 6.07) is 1.68. The lowest BCUT2D eigenvalue weighted by atomic mass is 10.1. The van der Waals surface area contributed by atoms with E-state index in [-0.39, 0.29) is 27.2 Å². The second-order valence-corrected chi connectivity index (χ2v) is 7.90. The number of rotatable bonds is 5. The molecule has 0 aromatic carbocycles. The Kier molecular flexibility index (Phi) is 5.47. The topological polar surface area (TPSA) is 129 Å². The largest absolute Gasteiger partial charge is 0.459 e. The number of aromatic nitrogens is 3. The molecule has 0 radical (unpaired) electrons. The van der Waals surface area contributed by atoms with Crippen molar-refractivity contribution in [3.63, 3.8) is 0 Å². The summed E-state index contributed by atoms with van der Waals surface area (Å²) in [5, 5.41) is 6.99. The second kappa shape index (κ2) is 7.68. The van der Waals surface area contributed by atoms with Crippen LogP contribution < -0.4 is 11.1 Å². The molecule has 0 aliphatic carbocycles. The number of amides is 2. The minimum Gasteiger partial charge on any atom is -0.459 e. The van der Waals surface area contributed by atoms with Crippen molar-refractivity contribution in [2.24, 2.45) is 5.73 Å². The molecule has 3 heterocycles. The minimum absolute atomic E-state index is 0.0774. The third-order valence-electron chi connectivity index (χ3n) is 3.70. The first-order valence-electron chi connectivity index (χ1n) is 8.15. The van der Waals surface area contributed by atoms with Crippen LogP contribution >= 0.6 is 27.3 Å². The number of nitrogens with one attached hydrogen (secondary N) is 1. The Hall–Kier alpha value is -2.79. The van der Waals surface area contributed by atoms with E-state index < -0.39 is 17.8 Å². The summed E-state index contributed by atoms with van der Waals surface area (Å²) >= 11 is 4.23. The zero-order valence-electron chi connectivity index (χ0n) is 15.1. The molecule has 0 unspecified atom stereocenters. The first-order chi connectivity index (χ1) is 13.2. The lowest BCUT2D eigenvalue weighted by molar-refractivity contribution is 0.0379. The fourth-order valence-corrected chi connectivity index (χ4v) is 4.11. The highest BCUT2D eigenvalue weighted by Crippen LogP contribution is 2.34. The molecule has 3 N–H and O–H groups in total. The molecule has 9 nitrogen and oxygen atoms in total. The summed E-state index contributed by atoms with van der Waals surface area (Å²) in [6.07, 6.45) is 2.85. The predicted octanol–water partition coefficient (Wildman–Crippen LogP) is 2.78. The lowest BCUT2D eigenvalue weighted by Crippen LogP contribution is -2.17. The highest BCUT2D eigenvalue weighted by molar-refractivity contribution is 9.10. The molecule has 3 aromatic rings. The Morgan fingerprint density at radius 3 is 2.68 bits per heavy atom. The van der Waals surface area contributed by atoms with Crippen LogP contribution in [0.3, 0.4) is 0 Å². The normalized spacial score (nSPS) is 11.0. The number of nitrogens with two attached hydrogens (primary N) is 1. The van der Waals surface area contributed by atoms with E-state index in [9.17, 15) is 14.4 Å². The molecule has 11 heteroatoms. The second-order valence-electron chi connectivity index (χ2n) is 6.08. The summed E-state index contributed by atoms with van der Waals surface area (Å²) in [6.45, 7) is 4.98.